The molecule has 2 rings (SSSR count). The van der Waals surface area contributed by atoms with Gasteiger partial charge >= 0.3 is 0 Å². The Morgan fingerprint density at radius 2 is 1.53 bits per heavy atom. The van der Waals surface area contributed by atoms with E-state index in [-0.39, 0.29) is 0 Å². The minimum absolute atomic E-state index is 0.604. The zero-order valence-electron chi connectivity index (χ0n) is 10.9. The lowest BCUT2D eigenvalue weighted by Gasteiger charge is -2.08. The first-order chi connectivity index (χ1) is 8.15. The van der Waals surface area contributed by atoms with Crippen LogP contribution in [0.2, 0.25) is 0 Å². The van der Waals surface area contributed by atoms with E-state index >= 15 is 0 Å². The summed E-state index contributed by atoms with van der Waals surface area (Å²) in [4.78, 5) is 0. The van der Waals surface area contributed by atoms with Crippen LogP contribution in [0, 0.1) is 6.92 Å². The van der Waals surface area contributed by atoms with Crippen LogP contribution in [-0.2, 0) is 6.42 Å². The molecular weight excluding hydrogens is 204 g/mol. The van der Waals surface area contributed by atoms with Crippen LogP contribution in [0.5, 0.6) is 0 Å². The highest BCUT2D eigenvalue weighted by atomic mass is 14.1. The number of hydrogen-bond donors (Lipinski definition) is 0. The van der Waals surface area contributed by atoms with E-state index in [2.05, 4.69) is 69.3 Å². The average Bonchev–Trinajstić information content (AvgIpc) is 2.29. The molecule has 0 heteroatoms. The summed E-state index contributed by atoms with van der Waals surface area (Å²) in [6.45, 7) is 6.63. The van der Waals surface area contributed by atoms with Gasteiger partial charge in [-0.1, -0.05) is 67.9 Å². The molecular formula is C17H20. The van der Waals surface area contributed by atoms with Gasteiger partial charge in [0.1, 0.15) is 0 Å². The fourth-order valence-corrected chi connectivity index (χ4v) is 2.12. The van der Waals surface area contributed by atoms with Crippen molar-refractivity contribution in [2.45, 2.75) is 33.1 Å². The standard InChI is InChI=1S/C17H20/c1-13(2)17-9-5-8-16(12-17)11-15-7-4-6-14(3)10-15/h4-10,12-13H,11H2,1-3H3. The maximum Gasteiger partial charge on any atom is -0.00256 e. The van der Waals surface area contributed by atoms with Crippen molar-refractivity contribution in [1.29, 1.82) is 0 Å². The number of aryl methyl sites for hydroxylation is 1. The topological polar surface area (TPSA) is 0 Å². The molecule has 0 N–H and O–H groups in total. The van der Waals surface area contributed by atoms with Gasteiger partial charge in [-0.3, -0.25) is 0 Å². The molecule has 0 spiro atoms. The molecule has 0 saturated heterocycles. The van der Waals surface area contributed by atoms with E-state index in [1.807, 2.05) is 0 Å². The van der Waals surface area contributed by atoms with Gasteiger partial charge in [0.05, 0.1) is 0 Å². The first-order valence-corrected chi connectivity index (χ1v) is 6.29. The third kappa shape index (κ3) is 3.20. The molecule has 17 heavy (non-hydrogen) atoms. The normalized spacial score (nSPS) is 10.8. The van der Waals surface area contributed by atoms with E-state index in [1.165, 1.54) is 22.3 Å². The summed E-state index contributed by atoms with van der Waals surface area (Å²) in [6.07, 6.45) is 1.03. The lowest BCUT2D eigenvalue weighted by atomic mass is 9.97. The Bertz CT molecular complexity index is 495. The predicted octanol–water partition coefficient (Wildman–Crippen LogP) is 4.71. The highest BCUT2D eigenvalue weighted by Gasteiger charge is 2.01. The maximum atomic E-state index is 2.33. The van der Waals surface area contributed by atoms with Crippen molar-refractivity contribution in [2.75, 3.05) is 0 Å². The van der Waals surface area contributed by atoms with Gasteiger partial charge in [-0.2, -0.15) is 0 Å². The Balaban J connectivity index is 2.21. The van der Waals surface area contributed by atoms with Crippen LogP contribution in [0.4, 0.5) is 0 Å². The van der Waals surface area contributed by atoms with Crippen LogP contribution in [-0.4, -0.2) is 0 Å². The molecule has 0 unspecified atom stereocenters. The molecule has 88 valence electrons. The zero-order valence-corrected chi connectivity index (χ0v) is 10.9. The lowest BCUT2D eigenvalue weighted by Crippen LogP contribution is -1.92. The maximum absolute atomic E-state index is 2.33. The van der Waals surface area contributed by atoms with Gasteiger partial charge in [-0.25, -0.2) is 0 Å². The summed E-state index contributed by atoms with van der Waals surface area (Å²) in [5.41, 5.74) is 5.56. The van der Waals surface area contributed by atoms with E-state index < -0.39 is 0 Å². The van der Waals surface area contributed by atoms with E-state index in [1.54, 1.807) is 0 Å². The Kier molecular flexibility index (Phi) is 3.63. The van der Waals surface area contributed by atoms with Crippen LogP contribution in [0.15, 0.2) is 48.5 Å². The summed E-state index contributed by atoms with van der Waals surface area (Å²) < 4.78 is 0. The zero-order chi connectivity index (χ0) is 12.3. The second-order valence-electron chi connectivity index (χ2n) is 5.07. The van der Waals surface area contributed by atoms with Gasteiger partial charge in [0, 0.05) is 0 Å². The van der Waals surface area contributed by atoms with Gasteiger partial charge in [0.2, 0.25) is 0 Å². The Morgan fingerprint density at radius 1 is 0.882 bits per heavy atom. The lowest BCUT2D eigenvalue weighted by molar-refractivity contribution is 0.863. The molecule has 0 saturated carbocycles. The minimum Gasteiger partial charge on any atom is -0.0617 e. The van der Waals surface area contributed by atoms with Crippen LogP contribution < -0.4 is 0 Å². The summed E-state index contributed by atoms with van der Waals surface area (Å²) in [5.74, 6) is 0.604. The summed E-state index contributed by atoms with van der Waals surface area (Å²) in [6, 6.07) is 17.7. The van der Waals surface area contributed by atoms with Crippen molar-refractivity contribution in [1.82, 2.24) is 0 Å². The molecule has 0 fully saturated rings. The molecule has 0 radical (unpaired) electrons. The Morgan fingerprint density at radius 3 is 2.18 bits per heavy atom. The molecule has 0 heterocycles. The largest absolute Gasteiger partial charge is 0.0617 e. The number of rotatable bonds is 3. The molecule has 2 aromatic carbocycles. The van der Waals surface area contributed by atoms with Crippen LogP contribution >= 0.6 is 0 Å². The fourth-order valence-electron chi connectivity index (χ4n) is 2.12. The molecule has 0 atom stereocenters. The molecule has 2 aromatic rings. The Labute approximate surface area is 104 Å². The second-order valence-corrected chi connectivity index (χ2v) is 5.07. The smallest absolute Gasteiger partial charge is 0.00256 e. The second kappa shape index (κ2) is 5.18. The summed E-state index contributed by atoms with van der Waals surface area (Å²) in [5, 5.41) is 0. The monoisotopic (exact) mass is 224 g/mol. The molecule has 0 nitrogen and oxygen atoms in total. The fraction of sp³-hybridized carbons (Fsp3) is 0.294. The van der Waals surface area contributed by atoms with Crippen molar-refractivity contribution in [3.05, 3.63) is 70.8 Å². The van der Waals surface area contributed by atoms with Crippen LogP contribution in [0.25, 0.3) is 0 Å². The first kappa shape index (κ1) is 11.9. The highest BCUT2D eigenvalue weighted by molar-refractivity contribution is 5.32. The van der Waals surface area contributed by atoms with Gasteiger partial charge in [-0.05, 0) is 36.0 Å². The van der Waals surface area contributed by atoms with E-state index in [0.29, 0.717) is 5.92 Å². The van der Waals surface area contributed by atoms with Crippen molar-refractivity contribution >= 4 is 0 Å². The Hall–Kier alpha value is -1.56. The van der Waals surface area contributed by atoms with Crippen molar-refractivity contribution < 1.29 is 0 Å². The molecule has 0 bridgehead atoms. The molecule has 0 aliphatic heterocycles. The average molecular weight is 224 g/mol. The minimum atomic E-state index is 0.604. The van der Waals surface area contributed by atoms with Crippen LogP contribution in [0.3, 0.4) is 0 Å². The van der Waals surface area contributed by atoms with E-state index in [4.69, 9.17) is 0 Å². The van der Waals surface area contributed by atoms with E-state index in [9.17, 15) is 0 Å². The molecule has 0 amide bonds. The SMILES string of the molecule is Cc1cccc(Cc2cccc(C(C)C)c2)c1. The van der Waals surface area contributed by atoms with Gasteiger partial charge < -0.3 is 0 Å². The summed E-state index contributed by atoms with van der Waals surface area (Å²) >= 11 is 0. The molecule has 0 aromatic heterocycles. The van der Waals surface area contributed by atoms with Gasteiger partial charge in [0.15, 0.2) is 0 Å². The van der Waals surface area contributed by atoms with Crippen molar-refractivity contribution in [3.63, 3.8) is 0 Å². The first-order valence-electron chi connectivity index (χ1n) is 6.29. The third-order valence-corrected chi connectivity index (χ3v) is 3.11. The van der Waals surface area contributed by atoms with Crippen molar-refractivity contribution in [2.24, 2.45) is 0 Å². The molecule has 0 aliphatic rings. The van der Waals surface area contributed by atoms with E-state index in [0.717, 1.165) is 6.42 Å². The number of benzene rings is 2. The highest BCUT2D eigenvalue weighted by Crippen LogP contribution is 2.18. The van der Waals surface area contributed by atoms with Crippen LogP contribution in [0.1, 0.15) is 42.0 Å². The van der Waals surface area contributed by atoms with Gasteiger partial charge in [0.25, 0.3) is 0 Å². The van der Waals surface area contributed by atoms with Gasteiger partial charge in [-0.15, -0.1) is 0 Å². The third-order valence-electron chi connectivity index (χ3n) is 3.11. The predicted molar refractivity (Wildman–Crippen MR) is 74.5 cm³/mol. The number of hydrogen-bond acceptors (Lipinski definition) is 0. The summed E-state index contributed by atoms with van der Waals surface area (Å²) in [7, 11) is 0. The quantitative estimate of drug-likeness (QED) is 0.708. The molecule has 0 aliphatic carbocycles. The van der Waals surface area contributed by atoms with Crippen molar-refractivity contribution in [3.8, 4) is 0 Å².